The molecule has 1 aliphatic heterocycles. The molecule has 4 rings (SSSR count). The molecule has 0 saturated carbocycles. The highest BCUT2D eigenvalue weighted by molar-refractivity contribution is 6.02. The van der Waals surface area contributed by atoms with Crippen LogP contribution in [0, 0.1) is 0 Å². The molecule has 3 aromatic carbocycles. The van der Waals surface area contributed by atoms with Gasteiger partial charge in [-0.05, 0) is 56.2 Å². The maximum atomic E-state index is 13.3. The molecule has 4 heteroatoms. The molecule has 0 aromatic heterocycles. The molecule has 4 nitrogen and oxygen atoms in total. The molecule has 0 spiro atoms. The van der Waals surface area contributed by atoms with Gasteiger partial charge in [-0.2, -0.15) is 0 Å². The van der Waals surface area contributed by atoms with E-state index in [1.807, 2.05) is 85.5 Å². The van der Waals surface area contributed by atoms with E-state index in [-0.39, 0.29) is 11.9 Å². The van der Waals surface area contributed by atoms with Gasteiger partial charge in [0.25, 0.3) is 5.91 Å². The second-order valence-corrected chi connectivity index (χ2v) is 8.12. The van der Waals surface area contributed by atoms with Crippen molar-refractivity contribution in [2.24, 2.45) is 0 Å². The Hall–Kier alpha value is -3.27. The highest BCUT2D eigenvalue weighted by Gasteiger charge is 2.43. The van der Waals surface area contributed by atoms with Crippen molar-refractivity contribution >= 4 is 11.6 Å². The van der Waals surface area contributed by atoms with Crippen molar-refractivity contribution in [2.45, 2.75) is 38.9 Å². The van der Waals surface area contributed by atoms with Gasteiger partial charge >= 0.3 is 0 Å². The van der Waals surface area contributed by atoms with Crippen LogP contribution >= 0.6 is 0 Å². The van der Waals surface area contributed by atoms with Crippen LogP contribution in [0.15, 0.2) is 78.9 Å². The maximum Gasteiger partial charge on any atom is 0.258 e. The Morgan fingerprint density at radius 1 is 0.933 bits per heavy atom. The summed E-state index contributed by atoms with van der Waals surface area (Å²) in [5, 5.41) is 3.60. The topological polar surface area (TPSA) is 41.6 Å². The summed E-state index contributed by atoms with van der Waals surface area (Å²) < 4.78 is 5.94. The van der Waals surface area contributed by atoms with Gasteiger partial charge in [-0.15, -0.1) is 0 Å². The number of nitrogens with one attached hydrogen (secondary N) is 1. The van der Waals surface area contributed by atoms with Crippen molar-refractivity contribution in [1.29, 1.82) is 0 Å². The SMILES string of the molecule is CC(C)N1C(=O)c2ccccc2NC1(C)c1ccc(OCCc2ccccc2)cc1. The molecule has 1 unspecified atom stereocenters. The zero-order valence-corrected chi connectivity index (χ0v) is 17.8. The Kier molecular flexibility index (Phi) is 5.49. The number of nitrogens with zero attached hydrogens (tertiary/aromatic N) is 1. The number of hydrogen-bond acceptors (Lipinski definition) is 3. The second kappa shape index (κ2) is 8.23. The molecule has 0 bridgehead atoms. The van der Waals surface area contributed by atoms with E-state index in [4.69, 9.17) is 4.74 Å². The van der Waals surface area contributed by atoms with Crippen LogP contribution in [0.3, 0.4) is 0 Å². The normalized spacial score (nSPS) is 18.1. The first-order valence-corrected chi connectivity index (χ1v) is 10.5. The molecule has 0 radical (unpaired) electrons. The number of amides is 1. The molecule has 0 aliphatic carbocycles. The third-order valence-electron chi connectivity index (χ3n) is 5.67. The second-order valence-electron chi connectivity index (χ2n) is 8.12. The average Bonchev–Trinajstić information content (AvgIpc) is 2.75. The van der Waals surface area contributed by atoms with E-state index >= 15 is 0 Å². The summed E-state index contributed by atoms with van der Waals surface area (Å²) in [6.45, 7) is 6.79. The molecule has 30 heavy (non-hydrogen) atoms. The van der Waals surface area contributed by atoms with Crippen molar-refractivity contribution in [1.82, 2.24) is 4.90 Å². The summed E-state index contributed by atoms with van der Waals surface area (Å²) in [4.78, 5) is 15.2. The number of anilines is 1. The molecule has 1 aliphatic rings. The number of ether oxygens (including phenoxy) is 1. The Bertz CT molecular complexity index is 1010. The first kappa shape index (κ1) is 20.0. The first-order chi connectivity index (χ1) is 14.5. The lowest BCUT2D eigenvalue weighted by molar-refractivity contribution is 0.0433. The van der Waals surface area contributed by atoms with Gasteiger partial charge in [0.05, 0.1) is 12.2 Å². The lowest BCUT2D eigenvalue weighted by atomic mass is 9.92. The van der Waals surface area contributed by atoms with E-state index in [1.165, 1.54) is 5.56 Å². The van der Waals surface area contributed by atoms with E-state index in [0.717, 1.165) is 23.4 Å². The summed E-state index contributed by atoms with van der Waals surface area (Å²) in [6.07, 6.45) is 0.869. The van der Waals surface area contributed by atoms with Gasteiger partial charge in [0.2, 0.25) is 0 Å². The maximum absolute atomic E-state index is 13.3. The lowest BCUT2D eigenvalue weighted by Crippen LogP contribution is -2.58. The van der Waals surface area contributed by atoms with E-state index in [9.17, 15) is 4.79 Å². The van der Waals surface area contributed by atoms with E-state index in [2.05, 4.69) is 24.4 Å². The van der Waals surface area contributed by atoms with E-state index in [0.29, 0.717) is 12.2 Å². The summed E-state index contributed by atoms with van der Waals surface area (Å²) in [5.41, 5.74) is 3.23. The number of para-hydroxylation sites is 1. The highest BCUT2D eigenvalue weighted by atomic mass is 16.5. The Morgan fingerprint density at radius 3 is 2.30 bits per heavy atom. The molecule has 1 N–H and O–H groups in total. The van der Waals surface area contributed by atoms with Gasteiger partial charge in [0, 0.05) is 18.2 Å². The van der Waals surface area contributed by atoms with Crippen LogP contribution in [0.1, 0.15) is 42.3 Å². The monoisotopic (exact) mass is 400 g/mol. The fraction of sp³-hybridized carbons (Fsp3) is 0.269. The molecule has 0 fully saturated rings. The minimum Gasteiger partial charge on any atom is -0.493 e. The van der Waals surface area contributed by atoms with Gasteiger partial charge in [0.1, 0.15) is 11.4 Å². The predicted molar refractivity (Wildman–Crippen MR) is 121 cm³/mol. The van der Waals surface area contributed by atoms with Crippen LogP contribution in [-0.4, -0.2) is 23.5 Å². The molecule has 154 valence electrons. The zero-order chi connectivity index (χ0) is 21.1. The molecule has 0 saturated heterocycles. The summed E-state index contributed by atoms with van der Waals surface area (Å²) in [5.74, 6) is 0.877. The summed E-state index contributed by atoms with van der Waals surface area (Å²) in [6, 6.07) is 26.1. The first-order valence-electron chi connectivity index (χ1n) is 10.5. The van der Waals surface area contributed by atoms with Crippen molar-refractivity contribution in [3.63, 3.8) is 0 Å². The lowest BCUT2D eigenvalue weighted by Gasteiger charge is -2.48. The zero-order valence-electron chi connectivity index (χ0n) is 17.8. The smallest absolute Gasteiger partial charge is 0.258 e. The van der Waals surface area contributed by atoms with Crippen LogP contribution < -0.4 is 10.1 Å². The molecule has 3 aromatic rings. The molecule has 1 atom stereocenters. The molecular formula is C26H28N2O2. The minimum atomic E-state index is -0.637. The third-order valence-corrected chi connectivity index (χ3v) is 5.67. The van der Waals surface area contributed by atoms with E-state index < -0.39 is 5.66 Å². The van der Waals surface area contributed by atoms with Crippen molar-refractivity contribution in [3.8, 4) is 5.75 Å². The Morgan fingerprint density at radius 2 is 1.60 bits per heavy atom. The summed E-state index contributed by atoms with van der Waals surface area (Å²) >= 11 is 0. The van der Waals surface area contributed by atoms with Crippen LogP contribution in [0.2, 0.25) is 0 Å². The van der Waals surface area contributed by atoms with Crippen molar-refractivity contribution in [2.75, 3.05) is 11.9 Å². The standard InChI is InChI=1S/C26H28N2O2/c1-19(2)28-25(29)23-11-7-8-12-24(23)27-26(28,3)21-13-15-22(16-14-21)30-18-17-20-9-5-4-6-10-20/h4-16,19,27H,17-18H2,1-3H3. The Labute approximate surface area is 178 Å². The van der Waals surface area contributed by atoms with E-state index in [1.54, 1.807) is 0 Å². The number of carbonyl (C=O) groups is 1. The molecule has 1 heterocycles. The fourth-order valence-corrected chi connectivity index (χ4v) is 4.20. The summed E-state index contributed by atoms with van der Waals surface area (Å²) in [7, 11) is 0. The number of hydrogen-bond donors (Lipinski definition) is 1. The number of carbonyl (C=O) groups excluding carboxylic acids is 1. The average molecular weight is 401 g/mol. The Balaban J connectivity index is 1.54. The minimum absolute atomic E-state index is 0.0463. The quantitative estimate of drug-likeness (QED) is 0.598. The van der Waals surface area contributed by atoms with Crippen molar-refractivity contribution < 1.29 is 9.53 Å². The van der Waals surface area contributed by atoms with Crippen LogP contribution in [0.4, 0.5) is 5.69 Å². The number of benzene rings is 3. The van der Waals surface area contributed by atoms with Gasteiger partial charge in [-0.25, -0.2) is 0 Å². The molecular weight excluding hydrogens is 372 g/mol. The van der Waals surface area contributed by atoms with Gasteiger partial charge in [-0.1, -0.05) is 54.6 Å². The molecule has 1 amide bonds. The van der Waals surface area contributed by atoms with Crippen LogP contribution in [0.25, 0.3) is 0 Å². The van der Waals surface area contributed by atoms with Gasteiger partial charge in [0.15, 0.2) is 0 Å². The predicted octanol–water partition coefficient (Wildman–Crippen LogP) is 5.46. The van der Waals surface area contributed by atoms with Gasteiger partial charge < -0.3 is 15.0 Å². The fourth-order valence-electron chi connectivity index (χ4n) is 4.20. The largest absolute Gasteiger partial charge is 0.493 e. The van der Waals surface area contributed by atoms with Gasteiger partial charge in [-0.3, -0.25) is 4.79 Å². The van der Waals surface area contributed by atoms with Crippen LogP contribution in [-0.2, 0) is 12.1 Å². The number of rotatable bonds is 6. The van der Waals surface area contributed by atoms with Crippen LogP contribution in [0.5, 0.6) is 5.75 Å². The van der Waals surface area contributed by atoms with Crippen molar-refractivity contribution in [3.05, 3.63) is 95.6 Å². The highest BCUT2D eigenvalue weighted by Crippen LogP contribution is 2.39. The third kappa shape index (κ3) is 3.78. The number of fused-ring (bicyclic) bond motifs is 1.